The van der Waals surface area contributed by atoms with Crippen molar-refractivity contribution in [3.8, 4) is 0 Å². The molecule has 3 nitrogen and oxygen atoms in total. The Labute approximate surface area is 48.8 Å². The highest BCUT2D eigenvalue weighted by molar-refractivity contribution is 4.62. The Morgan fingerprint density at radius 1 is 1.50 bits per heavy atom. The minimum absolute atomic E-state index is 0.184. The summed E-state index contributed by atoms with van der Waals surface area (Å²) in [6.07, 6.45) is 0.448. The van der Waals surface area contributed by atoms with Crippen LogP contribution < -0.4 is 0 Å². The summed E-state index contributed by atoms with van der Waals surface area (Å²) in [4.78, 5) is 3.76. The first kappa shape index (κ1) is 7.88. The van der Waals surface area contributed by atoms with Gasteiger partial charge in [0, 0.05) is 6.42 Å². The van der Waals surface area contributed by atoms with Crippen molar-refractivity contribution < 1.29 is 15.3 Å². The molecular formula is C5H12O3. The molecule has 0 fully saturated rings. The van der Waals surface area contributed by atoms with Crippen LogP contribution in [0.15, 0.2) is 0 Å². The van der Waals surface area contributed by atoms with Gasteiger partial charge in [-0.05, 0) is 13.8 Å². The van der Waals surface area contributed by atoms with E-state index in [9.17, 15) is 0 Å². The summed E-state index contributed by atoms with van der Waals surface area (Å²) in [7, 11) is 0. The third-order valence-corrected chi connectivity index (χ3v) is 0.805. The summed E-state index contributed by atoms with van der Waals surface area (Å²) in [5.41, 5.74) is -0.733. The van der Waals surface area contributed by atoms with Gasteiger partial charge in [0.15, 0.2) is 0 Å². The summed E-state index contributed by atoms with van der Waals surface area (Å²) in [5.74, 6) is 0. The van der Waals surface area contributed by atoms with Crippen molar-refractivity contribution in [2.24, 2.45) is 0 Å². The van der Waals surface area contributed by atoms with Gasteiger partial charge in [0.1, 0.15) is 0 Å². The van der Waals surface area contributed by atoms with Crippen LogP contribution in [-0.4, -0.2) is 22.6 Å². The van der Waals surface area contributed by atoms with Crippen molar-refractivity contribution in [1.82, 2.24) is 0 Å². The molecule has 50 valence electrons. The molecule has 0 aromatic rings. The highest BCUT2D eigenvalue weighted by Crippen LogP contribution is 2.05. The Morgan fingerprint density at radius 2 is 2.00 bits per heavy atom. The smallest absolute Gasteiger partial charge is 0.0846 e. The molecule has 0 radical (unpaired) electrons. The van der Waals surface area contributed by atoms with E-state index in [-0.39, 0.29) is 6.61 Å². The van der Waals surface area contributed by atoms with E-state index >= 15 is 0 Å². The molecule has 3 heteroatoms. The average Bonchev–Trinajstić information content (AvgIpc) is 1.59. The zero-order valence-corrected chi connectivity index (χ0v) is 5.22. The van der Waals surface area contributed by atoms with Gasteiger partial charge in [-0.1, -0.05) is 0 Å². The largest absolute Gasteiger partial charge is 0.390 e. The Balaban J connectivity index is 3.11. The molecule has 0 amide bonds. The van der Waals surface area contributed by atoms with Crippen LogP contribution in [0, 0.1) is 0 Å². The van der Waals surface area contributed by atoms with E-state index < -0.39 is 5.60 Å². The van der Waals surface area contributed by atoms with Crippen molar-refractivity contribution in [2.75, 3.05) is 6.61 Å². The molecule has 0 atom stereocenters. The van der Waals surface area contributed by atoms with Gasteiger partial charge < -0.3 is 5.11 Å². The molecule has 0 saturated heterocycles. The molecule has 0 aromatic carbocycles. The van der Waals surface area contributed by atoms with Crippen LogP contribution in [0.25, 0.3) is 0 Å². The molecule has 0 aliphatic carbocycles. The average molecular weight is 120 g/mol. The van der Waals surface area contributed by atoms with Crippen molar-refractivity contribution >= 4 is 0 Å². The third kappa shape index (κ3) is 5.88. The first-order valence-corrected chi connectivity index (χ1v) is 2.55. The molecule has 0 spiro atoms. The van der Waals surface area contributed by atoms with Crippen LogP contribution in [0.3, 0.4) is 0 Å². The predicted molar refractivity (Wildman–Crippen MR) is 29.5 cm³/mol. The lowest BCUT2D eigenvalue weighted by molar-refractivity contribution is -0.248. The Hall–Kier alpha value is -0.120. The van der Waals surface area contributed by atoms with Crippen LogP contribution in [0.2, 0.25) is 0 Å². The van der Waals surface area contributed by atoms with Crippen molar-refractivity contribution in [1.29, 1.82) is 0 Å². The van der Waals surface area contributed by atoms with E-state index in [1.807, 2.05) is 0 Å². The van der Waals surface area contributed by atoms with Gasteiger partial charge in [-0.2, -0.15) is 0 Å². The summed E-state index contributed by atoms with van der Waals surface area (Å²) in [6, 6.07) is 0. The Bertz CT molecular complexity index is 55.2. The fraction of sp³-hybridized carbons (Fsp3) is 1.00. The van der Waals surface area contributed by atoms with E-state index in [1.165, 1.54) is 0 Å². The molecule has 0 saturated carbocycles. The van der Waals surface area contributed by atoms with Crippen molar-refractivity contribution in [3.05, 3.63) is 0 Å². The van der Waals surface area contributed by atoms with Crippen molar-refractivity contribution in [3.63, 3.8) is 0 Å². The SMILES string of the molecule is CC(C)(O)CCOO. The minimum Gasteiger partial charge on any atom is -0.390 e. The van der Waals surface area contributed by atoms with Crippen LogP contribution >= 0.6 is 0 Å². The van der Waals surface area contributed by atoms with Gasteiger partial charge in [0.25, 0.3) is 0 Å². The molecule has 0 aliphatic rings. The number of rotatable bonds is 3. The van der Waals surface area contributed by atoms with Gasteiger partial charge in [-0.15, -0.1) is 0 Å². The predicted octanol–water partition coefficient (Wildman–Crippen LogP) is 0.637. The quantitative estimate of drug-likeness (QED) is 0.424. The van der Waals surface area contributed by atoms with Crippen LogP contribution in [0.4, 0.5) is 0 Å². The van der Waals surface area contributed by atoms with Gasteiger partial charge >= 0.3 is 0 Å². The Kier molecular flexibility index (Phi) is 2.97. The molecule has 0 rings (SSSR count). The molecule has 0 aliphatic heterocycles. The fourth-order valence-corrected chi connectivity index (χ4v) is 0.295. The number of hydrogen-bond donors (Lipinski definition) is 2. The maximum Gasteiger partial charge on any atom is 0.0846 e. The van der Waals surface area contributed by atoms with E-state index in [2.05, 4.69) is 4.89 Å². The summed E-state index contributed by atoms with van der Waals surface area (Å²) >= 11 is 0. The first-order chi connectivity index (χ1) is 3.56. The lowest BCUT2D eigenvalue weighted by atomic mass is 10.1. The molecule has 0 bridgehead atoms. The highest BCUT2D eigenvalue weighted by atomic mass is 17.1. The van der Waals surface area contributed by atoms with Crippen LogP contribution in [0.1, 0.15) is 20.3 Å². The van der Waals surface area contributed by atoms with E-state index in [0.29, 0.717) is 6.42 Å². The van der Waals surface area contributed by atoms with Crippen LogP contribution in [-0.2, 0) is 4.89 Å². The maximum atomic E-state index is 8.96. The van der Waals surface area contributed by atoms with Crippen LogP contribution in [0.5, 0.6) is 0 Å². The topological polar surface area (TPSA) is 49.7 Å². The second-order valence-electron chi connectivity index (χ2n) is 2.40. The van der Waals surface area contributed by atoms with E-state index in [4.69, 9.17) is 10.4 Å². The van der Waals surface area contributed by atoms with Gasteiger partial charge in [-0.25, -0.2) is 4.89 Å². The summed E-state index contributed by atoms with van der Waals surface area (Å²) < 4.78 is 0. The molecule has 0 unspecified atom stereocenters. The first-order valence-electron chi connectivity index (χ1n) is 2.55. The summed E-state index contributed by atoms with van der Waals surface area (Å²) in [6.45, 7) is 3.50. The van der Waals surface area contributed by atoms with E-state index in [1.54, 1.807) is 13.8 Å². The number of aliphatic hydroxyl groups is 1. The molecule has 8 heavy (non-hydrogen) atoms. The lowest BCUT2D eigenvalue weighted by Gasteiger charge is -2.14. The molecule has 2 N–H and O–H groups in total. The lowest BCUT2D eigenvalue weighted by Crippen LogP contribution is -2.20. The zero-order valence-electron chi connectivity index (χ0n) is 5.22. The number of hydrogen-bond acceptors (Lipinski definition) is 3. The Morgan fingerprint density at radius 3 is 2.12 bits per heavy atom. The maximum absolute atomic E-state index is 8.96. The second-order valence-corrected chi connectivity index (χ2v) is 2.40. The molecule has 0 heterocycles. The zero-order chi connectivity index (χ0) is 6.62. The standard InChI is InChI=1S/C5H12O3/c1-5(2,6)3-4-8-7/h6-7H,3-4H2,1-2H3. The second kappa shape index (κ2) is 3.02. The highest BCUT2D eigenvalue weighted by Gasteiger charge is 2.10. The van der Waals surface area contributed by atoms with Gasteiger partial charge in [0.05, 0.1) is 12.2 Å². The van der Waals surface area contributed by atoms with Crippen molar-refractivity contribution in [2.45, 2.75) is 25.9 Å². The fourth-order valence-electron chi connectivity index (χ4n) is 0.295. The normalized spacial score (nSPS) is 12.0. The van der Waals surface area contributed by atoms with E-state index in [0.717, 1.165) is 0 Å². The van der Waals surface area contributed by atoms with Gasteiger partial charge in [-0.3, -0.25) is 5.26 Å². The monoisotopic (exact) mass is 120 g/mol. The molecule has 0 aromatic heterocycles. The summed E-state index contributed by atoms with van der Waals surface area (Å²) in [5, 5.41) is 16.8. The third-order valence-electron chi connectivity index (χ3n) is 0.805. The molecular weight excluding hydrogens is 108 g/mol. The van der Waals surface area contributed by atoms with Gasteiger partial charge in [0.2, 0.25) is 0 Å². The minimum atomic E-state index is -0.733.